The summed E-state index contributed by atoms with van der Waals surface area (Å²) < 4.78 is 27.6. The Hall–Kier alpha value is -1.44. The fourth-order valence-electron chi connectivity index (χ4n) is 1.93. The van der Waals surface area contributed by atoms with Crippen LogP contribution in [-0.4, -0.2) is 13.4 Å². The summed E-state index contributed by atoms with van der Waals surface area (Å²) in [6.45, 7) is 5.29. The molecule has 1 aromatic carbocycles. The Labute approximate surface area is 122 Å². The highest BCUT2D eigenvalue weighted by Gasteiger charge is 2.22. The van der Waals surface area contributed by atoms with Crippen LogP contribution in [-0.2, 0) is 10.0 Å². The lowest BCUT2D eigenvalue weighted by Crippen LogP contribution is -2.27. The third-order valence-corrected chi connectivity index (χ3v) is 5.61. The molecule has 0 spiro atoms. The molecule has 2 aromatic rings. The first-order valence-electron chi connectivity index (χ1n) is 6.09. The lowest BCUT2D eigenvalue weighted by molar-refractivity contribution is 0.565. The van der Waals surface area contributed by atoms with Crippen LogP contribution >= 0.6 is 11.3 Å². The first kappa shape index (κ1) is 15.0. The molecule has 0 fully saturated rings. The average Bonchev–Trinajstić information content (AvgIpc) is 2.86. The van der Waals surface area contributed by atoms with E-state index in [0.29, 0.717) is 11.3 Å². The summed E-state index contributed by atoms with van der Waals surface area (Å²) in [5, 5.41) is 2.54. The number of sulfonamides is 1. The molecule has 1 atom stereocenters. The zero-order valence-electron chi connectivity index (χ0n) is 11.5. The Balaban J connectivity index is 2.36. The van der Waals surface area contributed by atoms with E-state index < -0.39 is 10.0 Å². The second-order valence-corrected chi connectivity index (χ2v) is 7.30. The first-order chi connectivity index (χ1) is 9.31. The molecule has 0 amide bonds. The molecular weight excluding hydrogens is 294 g/mol. The van der Waals surface area contributed by atoms with Gasteiger partial charge in [-0.15, -0.1) is 11.3 Å². The quantitative estimate of drug-likeness (QED) is 0.849. The molecule has 0 bridgehead atoms. The number of thiazole rings is 1. The Morgan fingerprint density at radius 1 is 1.35 bits per heavy atom. The second kappa shape index (κ2) is 5.51. The van der Waals surface area contributed by atoms with Crippen LogP contribution in [0.4, 0.5) is 5.69 Å². The maximum atomic E-state index is 12.5. The van der Waals surface area contributed by atoms with Crippen molar-refractivity contribution in [3.8, 4) is 0 Å². The molecule has 3 N–H and O–H groups in total. The van der Waals surface area contributed by atoms with Gasteiger partial charge in [-0.3, -0.25) is 0 Å². The summed E-state index contributed by atoms with van der Waals surface area (Å²) in [5.74, 6) is 0. The van der Waals surface area contributed by atoms with Crippen LogP contribution in [0.2, 0.25) is 0 Å². The Morgan fingerprint density at radius 3 is 2.65 bits per heavy atom. The van der Waals surface area contributed by atoms with Crippen LogP contribution in [0.25, 0.3) is 0 Å². The van der Waals surface area contributed by atoms with E-state index in [0.717, 1.165) is 10.6 Å². The van der Waals surface area contributed by atoms with Crippen LogP contribution in [0.1, 0.15) is 29.1 Å². The molecule has 0 saturated heterocycles. The highest BCUT2D eigenvalue weighted by molar-refractivity contribution is 7.89. The van der Waals surface area contributed by atoms with Crippen molar-refractivity contribution >= 4 is 27.0 Å². The number of aromatic nitrogens is 1. The molecule has 7 heteroatoms. The van der Waals surface area contributed by atoms with Gasteiger partial charge >= 0.3 is 0 Å². The largest absolute Gasteiger partial charge is 0.398 e. The number of anilines is 1. The maximum absolute atomic E-state index is 12.5. The van der Waals surface area contributed by atoms with Gasteiger partial charge in [0, 0.05) is 17.3 Å². The minimum absolute atomic E-state index is 0.221. The number of nitrogens with two attached hydrogens (primary N) is 1. The predicted molar refractivity (Wildman–Crippen MR) is 81.2 cm³/mol. The molecular formula is C13H17N3O2S2. The standard InChI is InChI=1S/C13H17N3O2S2/c1-8-6-11(14)9(2)12(7-8)20(17,18)16-10(3)13-15-4-5-19-13/h4-7,10,16H,14H2,1-3H3. The van der Waals surface area contributed by atoms with Crippen molar-refractivity contribution < 1.29 is 8.42 Å². The van der Waals surface area contributed by atoms with Crippen molar-refractivity contribution in [3.63, 3.8) is 0 Å². The molecule has 0 aliphatic rings. The van der Waals surface area contributed by atoms with Gasteiger partial charge in [0.1, 0.15) is 5.01 Å². The van der Waals surface area contributed by atoms with Crippen molar-refractivity contribution in [1.29, 1.82) is 0 Å². The van der Waals surface area contributed by atoms with Gasteiger partial charge in [0.25, 0.3) is 0 Å². The highest BCUT2D eigenvalue weighted by atomic mass is 32.2. The summed E-state index contributed by atoms with van der Waals surface area (Å²) in [7, 11) is -3.62. The molecule has 0 radical (unpaired) electrons. The monoisotopic (exact) mass is 311 g/mol. The third kappa shape index (κ3) is 3.00. The Bertz CT molecular complexity index is 709. The molecule has 2 rings (SSSR count). The molecule has 1 heterocycles. The van der Waals surface area contributed by atoms with Crippen molar-refractivity contribution in [3.05, 3.63) is 39.8 Å². The highest BCUT2D eigenvalue weighted by Crippen LogP contribution is 2.25. The van der Waals surface area contributed by atoms with Crippen molar-refractivity contribution in [2.75, 3.05) is 5.73 Å². The number of nitrogens with one attached hydrogen (secondary N) is 1. The fourth-order valence-corrected chi connectivity index (χ4v) is 4.21. The van der Waals surface area contributed by atoms with Gasteiger partial charge in [-0.2, -0.15) is 0 Å². The number of nitrogens with zero attached hydrogens (tertiary/aromatic N) is 1. The summed E-state index contributed by atoms with van der Waals surface area (Å²) >= 11 is 1.41. The second-order valence-electron chi connectivity index (χ2n) is 4.69. The summed E-state index contributed by atoms with van der Waals surface area (Å²) in [5.41, 5.74) is 7.70. The maximum Gasteiger partial charge on any atom is 0.241 e. The van der Waals surface area contributed by atoms with Gasteiger partial charge < -0.3 is 5.73 Å². The lowest BCUT2D eigenvalue weighted by atomic mass is 10.1. The minimum Gasteiger partial charge on any atom is -0.398 e. The van der Waals surface area contributed by atoms with Crippen LogP contribution in [0, 0.1) is 13.8 Å². The summed E-state index contributed by atoms with van der Waals surface area (Å²) in [6.07, 6.45) is 1.65. The molecule has 0 saturated carbocycles. The van der Waals surface area contributed by atoms with E-state index >= 15 is 0 Å². The topological polar surface area (TPSA) is 85.1 Å². The SMILES string of the molecule is Cc1cc(N)c(C)c(S(=O)(=O)NC(C)c2nccs2)c1. The molecule has 20 heavy (non-hydrogen) atoms. The zero-order valence-corrected chi connectivity index (χ0v) is 13.2. The molecule has 1 unspecified atom stereocenters. The van der Waals surface area contributed by atoms with Crippen molar-refractivity contribution in [2.24, 2.45) is 0 Å². The van der Waals surface area contributed by atoms with E-state index in [4.69, 9.17) is 5.73 Å². The van der Waals surface area contributed by atoms with Crippen LogP contribution in [0.5, 0.6) is 0 Å². The lowest BCUT2D eigenvalue weighted by Gasteiger charge is -2.15. The number of hydrogen-bond donors (Lipinski definition) is 2. The fraction of sp³-hybridized carbons (Fsp3) is 0.308. The molecule has 108 valence electrons. The average molecular weight is 311 g/mol. The van der Waals surface area contributed by atoms with E-state index in [1.165, 1.54) is 11.3 Å². The first-order valence-corrected chi connectivity index (χ1v) is 8.46. The van der Waals surface area contributed by atoms with Crippen LogP contribution < -0.4 is 10.5 Å². The Kier molecular flexibility index (Phi) is 4.12. The molecule has 5 nitrogen and oxygen atoms in total. The van der Waals surface area contributed by atoms with Gasteiger partial charge in [-0.25, -0.2) is 18.1 Å². The van der Waals surface area contributed by atoms with E-state index in [1.54, 1.807) is 32.2 Å². The van der Waals surface area contributed by atoms with E-state index in [2.05, 4.69) is 9.71 Å². The van der Waals surface area contributed by atoms with Gasteiger partial charge in [-0.1, -0.05) is 0 Å². The van der Waals surface area contributed by atoms with E-state index in [9.17, 15) is 8.42 Å². The van der Waals surface area contributed by atoms with Crippen molar-refractivity contribution in [2.45, 2.75) is 31.7 Å². The smallest absolute Gasteiger partial charge is 0.241 e. The minimum atomic E-state index is -3.62. The van der Waals surface area contributed by atoms with Gasteiger partial charge in [0.05, 0.1) is 10.9 Å². The number of rotatable bonds is 4. The molecule has 0 aliphatic carbocycles. The number of hydrogen-bond acceptors (Lipinski definition) is 5. The number of aryl methyl sites for hydroxylation is 1. The summed E-state index contributed by atoms with van der Waals surface area (Å²) in [4.78, 5) is 4.34. The zero-order chi connectivity index (χ0) is 14.9. The third-order valence-electron chi connectivity index (χ3n) is 2.99. The van der Waals surface area contributed by atoms with Crippen LogP contribution in [0.15, 0.2) is 28.6 Å². The summed E-state index contributed by atoms with van der Waals surface area (Å²) in [6, 6.07) is 3.02. The van der Waals surface area contributed by atoms with E-state index in [1.807, 2.05) is 12.3 Å². The van der Waals surface area contributed by atoms with Gasteiger partial charge in [0.2, 0.25) is 10.0 Å². The normalized spacial score (nSPS) is 13.3. The number of nitrogen functional groups attached to an aromatic ring is 1. The molecule has 0 aliphatic heterocycles. The van der Waals surface area contributed by atoms with Gasteiger partial charge in [-0.05, 0) is 44.0 Å². The van der Waals surface area contributed by atoms with Gasteiger partial charge in [0.15, 0.2) is 0 Å². The predicted octanol–water partition coefficient (Wildman–Crippen LogP) is 2.38. The number of benzene rings is 1. The molecule has 1 aromatic heterocycles. The van der Waals surface area contributed by atoms with Crippen molar-refractivity contribution in [1.82, 2.24) is 9.71 Å². The van der Waals surface area contributed by atoms with E-state index in [-0.39, 0.29) is 10.9 Å². The van der Waals surface area contributed by atoms with Crippen LogP contribution in [0.3, 0.4) is 0 Å². The Morgan fingerprint density at radius 2 is 2.05 bits per heavy atom.